The zero-order valence-corrected chi connectivity index (χ0v) is 12.4. The zero-order valence-electron chi connectivity index (χ0n) is 11.7. The molecule has 21 heavy (non-hydrogen) atoms. The number of anilines is 1. The van der Waals surface area contributed by atoms with Gasteiger partial charge in [0.25, 0.3) is 5.91 Å². The van der Waals surface area contributed by atoms with Gasteiger partial charge in [0, 0.05) is 26.3 Å². The first-order valence-electron chi connectivity index (χ1n) is 6.72. The van der Waals surface area contributed by atoms with Gasteiger partial charge in [0.15, 0.2) is 0 Å². The predicted octanol–water partition coefficient (Wildman–Crippen LogP) is 1.37. The number of aryl methyl sites for hydroxylation is 1. The highest BCUT2D eigenvalue weighted by atomic mass is 35.5. The number of rotatable bonds is 3. The van der Waals surface area contributed by atoms with E-state index >= 15 is 0 Å². The smallest absolute Gasteiger partial charge is 0.257 e. The molecule has 0 aliphatic carbocycles. The molecule has 1 aliphatic heterocycles. The molecule has 2 N–H and O–H groups in total. The van der Waals surface area contributed by atoms with Crippen LogP contribution in [0.2, 0.25) is 5.15 Å². The molecule has 3 heterocycles. The number of halogens is 1. The van der Waals surface area contributed by atoms with Crippen molar-refractivity contribution in [2.75, 3.05) is 18.8 Å². The van der Waals surface area contributed by atoms with E-state index in [0.717, 1.165) is 19.5 Å². The number of hydrogen-bond acceptors (Lipinski definition) is 4. The number of amides is 1. The molecule has 1 saturated heterocycles. The largest absolute Gasteiger partial charge is 0.383 e. The number of carbonyl (C=O) groups excluding carboxylic acids is 1. The highest BCUT2D eigenvalue weighted by Gasteiger charge is 2.32. The Labute approximate surface area is 127 Å². The summed E-state index contributed by atoms with van der Waals surface area (Å²) in [5, 5.41) is 4.44. The first-order chi connectivity index (χ1) is 10.0. The van der Waals surface area contributed by atoms with E-state index in [2.05, 4.69) is 10.1 Å². The third-order valence-electron chi connectivity index (χ3n) is 3.65. The number of nitrogens with two attached hydrogens (primary N) is 1. The summed E-state index contributed by atoms with van der Waals surface area (Å²) in [5.41, 5.74) is 7.36. The molecule has 0 aromatic carbocycles. The lowest BCUT2D eigenvalue weighted by Gasteiger charge is -2.39. The fourth-order valence-electron chi connectivity index (χ4n) is 2.58. The number of nitrogens with zero attached hydrogens (tertiary/aromatic N) is 4. The van der Waals surface area contributed by atoms with Gasteiger partial charge in [-0.2, -0.15) is 5.10 Å². The van der Waals surface area contributed by atoms with Crippen LogP contribution in [0.5, 0.6) is 0 Å². The second kappa shape index (κ2) is 5.37. The molecule has 1 aliphatic rings. The summed E-state index contributed by atoms with van der Waals surface area (Å²) in [4.78, 5) is 18.0. The Morgan fingerprint density at radius 2 is 2.24 bits per heavy atom. The molecule has 7 heteroatoms. The van der Waals surface area contributed by atoms with Gasteiger partial charge in [0.05, 0.1) is 11.8 Å². The van der Waals surface area contributed by atoms with Crippen LogP contribution in [0.15, 0.2) is 24.5 Å². The van der Waals surface area contributed by atoms with E-state index in [1.807, 2.05) is 19.4 Å². The number of aromatic nitrogens is 3. The molecule has 0 bridgehead atoms. The Morgan fingerprint density at radius 1 is 1.48 bits per heavy atom. The molecular formula is C14H16ClN5O. The van der Waals surface area contributed by atoms with Crippen molar-refractivity contribution in [1.29, 1.82) is 0 Å². The number of hydrogen-bond donors (Lipinski definition) is 1. The Morgan fingerprint density at radius 3 is 2.86 bits per heavy atom. The minimum Gasteiger partial charge on any atom is -0.383 e. The number of pyridine rings is 1. The summed E-state index contributed by atoms with van der Waals surface area (Å²) in [6, 6.07) is 3.21. The second-order valence-electron chi connectivity index (χ2n) is 5.37. The third kappa shape index (κ3) is 2.85. The Balaban J connectivity index is 1.59. The molecule has 0 unspecified atom stereocenters. The summed E-state index contributed by atoms with van der Waals surface area (Å²) in [7, 11) is 1.90. The second-order valence-corrected chi connectivity index (χ2v) is 5.76. The van der Waals surface area contributed by atoms with E-state index < -0.39 is 0 Å². The Kier molecular flexibility index (Phi) is 3.55. The van der Waals surface area contributed by atoms with Gasteiger partial charge in [-0.3, -0.25) is 9.48 Å². The minimum atomic E-state index is -0.0842. The van der Waals surface area contributed by atoms with Crippen molar-refractivity contribution in [1.82, 2.24) is 19.7 Å². The summed E-state index contributed by atoms with van der Waals surface area (Å²) in [6.07, 6.45) is 4.81. The van der Waals surface area contributed by atoms with Gasteiger partial charge in [-0.1, -0.05) is 11.6 Å². The van der Waals surface area contributed by atoms with Gasteiger partial charge in [-0.25, -0.2) is 4.98 Å². The maximum atomic E-state index is 12.3. The topological polar surface area (TPSA) is 77.0 Å². The van der Waals surface area contributed by atoms with Crippen molar-refractivity contribution in [2.24, 2.45) is 13.0 Å². The molecule has 3 rings (SSSR count). The van der Waals surface area contributed by atoms with E-state index in [0.29, 0.717) is 16.6 Å². The Hall–Kier alpha value is -2.08. The van der Waals surface area contributed by atoms with Crippen molar-refractivity contribution in [2.45, 2.75) is 6.42 Å². The number of carbonyl (C=O) groups is 1. The van der Waals surface area contributed by atoms with Gasteiger partial charge in [-0.15, -0.1) is 0 Å². The molecule has 2 aromatic heterocycles. The highest BCUT2D eigenvalue weighted by Crippen LogP contribution is 2.24. The maximum Gasteiger partial charge on any atom is 0.257 e. The van der Waals surface area contributed by atoms with Crippen molar-refractivity contribution >= 4 is 23.3 Å². The van der Waals surface area contributed by atoms with Crippen LogP contribution in [0.25, 0.3) is 0 Å². The normalized spacial score (nSPS) is 15.0. The highest BCUT2D eigenvalue weighted by molar-refractivity contribution is 6.29. The quantitative estimate of drug-likeness (QED) is 0.869. The summed E-state index contributed by atoms with van der Waals surface area (Å²) < 4.78 is 1.79. The molecule has 0 atom stereocenters. The Bertz CT molecular complexity index is 678. The molecule has 0 spiro atoms. The first kappa shape index (κ1) is 13.9. The van der Waals surface area contributed by atoms with Crippen molar-refractivity contribution < 1.29 is 4.79 Å². The van der Waals surface area contributed by atoms with Crippen LogP contribution >= 0.6 is 11.6 Å². The average molecular weight is 306 g/mol. The lowest BCUT2D eigenvalue weighted by atomic mass is 9.93. The van der Waals surface area contributed by atoms with Crippen molar-refractivity contribution in [3.05, 3.63) is 40.8 Å². The van der Waals surface area contributed by atoms with Gasteiger partial charge in [0.2, 0.25) is 0 Å². The van der Waals surface area contributed by atoms with E-state index in [1.165, 1.54) is 5.56 Å². The third-order valence-corrected chi connectivity index (χ3v) is 3.86. The van der Waals surface area contributed by atoms with Crippen molar-refractivity contribution in [3.8, 4) is 0 Å². The van der Waals surface area contributed by atoms with Crippen LogP contribution in [0.3, 0.4) is 0 Å². The lowest BCUT2D eigenvalue weighted by molar-refractivity contribution is 0.0502. The molecular weight excluding hydrogens is 290 g/mol. The summed E-state index contributed by atoms with van der Waals surface area (Å²) in [5.74, 6) is 0.571. The SMILES string of the molecule is Cn1cc(CC2CN(C(=O)c3ccc(Cl)nc3N)C2)cn1. The van der Waals surface area contributed by atoms with Gasteiger partial charge in [-0.05, 0) is 30.0 Å². The van der Waals surface area contributed by atoms with Crippen LogP contribution in [0.1, 0.15) is 15.9 Å². The maximum absolute atomic E-state index is 12.3. The molecule has 0 saturated carbocycles. The summed E-state index contributed by atoms with van der Waals surface area (Å²) in [6.45, 7) is 1.46. The molecule has 1 fully saturated rings. The number of likely N-dealkylation sites (tertiary alicyclic amines) is 1. The van der Waals surface area contributed by atoms with E-state index in [-0.39, 0.29) is 11.7 Å². The molecule has 0 radical (unpaired) electrons. The predicted molar refractivity (Wildman–Crippen MR) is 80.0 cm³/mol. The molecule has 2 aromatic rings. The van der Waals surface area contributed by atoms with Crippen LogP contribution in [-0.4, -0.2) is 38.7 Å². The first-order valence-corrected chi connectivity index (χ1v) is 7.09. The van der Waals surface area contributed by atoms with E-state index in [1.54, 1.807) is 21.7 Å². The number of nitrogen functional groups attached to an aromatic ring is 1. The van der Waals surface area contributed by atoms with Gasteiger partial charge >= 0.3 is 0 Å². The van der Waals surface area contributed by atoms with Crippen LogP contribution < -0.4 is 5.73 Å². The van der Waals surface area contributed by atoms with E-state index in [9.17, 15) is 4.79 Å². The minimum absolute atomic E-state index is 0.0842. The van der Waals surface area contributed by atoms with Crippen LogP contribution in [0, 0.1) is 5.92 Å². The molecule has 1 amide bonds. The van der Waals surface area contributed by atoms with Crippen LogP contribution in [-0.2, 0) is 13.5 Å². The van der Waals surface area contributed by atoms with Crippen LogP contribution in [0.4, 0.5) is 5.82 Å². The van der Waals surface area contributed by atoms with Gasteiger partial charge in [0.1, 0.15) is 11.0 Å². The lowest BCUT2D eigenvalue weighted by Crippen LogP contribution is -2.50. The molecule has 6 nitrogen and oxygen atoms in total. The molecule has 110 valence electrons. The standard InChI is InChI=1S/C14H16ClN5O/c1-19-6-9(5-17-19)4-10-7-20(8-10)14(21)11-2-3-12(15)18-13(11)16/h2-3,5-6,10H,4,7-8H2,1H3,(H2,16,18). The van der Waals surface area contributed by atoms with Crippen molar-refractivity contribution in [3.63, 3.8) is 0 Å². The van der Waals surface area contributed by atoms with Gasteiger partial charge < -0.3 is 10.6 Å². The monoisotopic (exact) mass is 305 g/mol. The average Bonchev–Trinajstić information content (AvgIpc) is 2.78. The fourth-order valence-corrected chi connectivity index (χ4v) is 2.73. The fraction of sp³-hybridized carbons (Fsp3) is 0.357. The summed E-state index contributed by atoms with van der Waals surface area (Å²) >= 11 is 5.74. The van der Waals surface area contributed by atoms with E-state index in [4.69, 9.17) is 17.3 Å². The zero-order chi connectivity index (χ0) is 15.0.